The molecule has 8 heteroatoms. The Morgan fingerprint density at radius 1 is 1.18 bits per heavy atom. The van der Waals surface area contributed by atoms with Crippen LogP contribution in [0.2, 0.25) is 0 Å². The first-order valence-corrected chi connectivity index (χ1v) is 2.26. The number of urea groups is 1. The average Bonchev–Trinajstić information content (AvgIpc) is 1.80. The number of nitrogens with two attached hydrogens (primary N) is 1. The molecule has 11 heavy (non-hydrogen) atoms. The van der Waals surface area contributed by atoms with E-state index < -0.39 is 18.1 Å². The number of halogens is 3. The largest absolute Gasteiger partial charge is 0.472 e. The van der Waals surface area contributed by atoms with Crippen LogP contribution in [0.25, 0.3) is 0 Å². The van der Waals surface area contributed by atoms with Crippen LogP contribution in [0.3, 0.4) is 0 Å². The summed E-state index contributed by atoms with van der Waals surface area (Å²) in [6.45, 7) is 0. The molecule has 0 saturated heterocycles. The highest BCUT2D eigenvalue weighted by Gasteiger charge is 2.38. The number of nitrogens with one attached hydrogen (secondary N) is 2. The van der Waals surface area contributed by atoms with Gasteiger partial charge in [0.25, 0.3) is 0 Å². The van der Waals surface area contributed by atoms with Crippen LogP contribution in [0.4, 0.5) is 18.0 Å². The van der Waals surface area contributed by atoms with E-state index in [2.05, 4.69) is 5.73 Å². The number of primary amides is 1. The third kappa shape index (κ3) is 4.00. The van der Waals surface area contributed by atoms with E-state index in [1.54, 1.807) is 0 Å². The Balaban J connectivity index is 3.80. The molecule has 0 rings (SSSR count). The number of carbonyl (C=O) groups excluding carboxylic acids is 2. The summed E-state index contributed by atoms with van der Waals surface area (Å²) in [5, 5.41) is 0. The minimum absolute atomic E-state index is 1.03. The fourth-order valence-electron chi connectivity index (χ4n) is 0.189. The highest BCUT2D eigenvalue weighted by Crippen LogP contribution is 2.13. The summed E-state index contributed by atoms with van der Waals surface area (Å²) >= 11 is 0. The van der Waals surface area contributed by atoms with E-state index >= 15 is 0 Å². The monoisotopic (exact) mass is 171 g/mol. The lowest BCUT2D eigenvalue weighted by atomic mass is 10.6. The van der Waals surface area contributed by atoms with E-state index in [9.17, 15) is 22.8 Å². The van der Waals surface area contributed by atoms with Crippen molar-refractivity contribution in [2.45, 2.75) is 6.18 Å². The van der Waals surface area contributed by atoms with Crippen molar-refractivity contribution in [3.05, 3.63) is 0 Å². The van der Waals surface area contributed by atoms with Gasteiger partial charge in [0.2, 0.25) is 0 Å². The summed E-state index contributed by atoms with van der Waals surface area (Å²) < 4.78 is 33.9. The molecule has 0 aromatic heterocycles. The van der Waals surface area contributed by atoms with E-state index in [0.29, 0.717) is 0 Å². The Kier molecular flexibility index (Phi) is 2.67. The maximum absolute atomic E-state index is 11.3. The van der Waals surface area contributed by atoms with Crippen LogP contribution in [0.1, 0.15) is 0 Å². The Morgan fingerprint density at radius 2 is 1.64 bits per heavy atom. The van der Waals surface area contributed by atoms with Crippen molar-refractivity contribution in [3.8, 4) is 0 Å². The van der Waals surface area contributed by atoms with Gasteiger partial charge in [0.1, 0.15) is 0 Å². The van der Waals surface area contributed by atoms with Gasteiger partial charge in [-0.25, -0.2) is 10.2 Å². The molecule has 5 nitrogen and oxygen atoms in total. The molecule has 0 aromatic carbocycles. The maximum Gasteiger partial charge on any atom is 0.472 e. The van der Waals surface area contributed by atoms with Crippen LogP contribution in [0.5, 0.6) is 0 Å². The quantitative estimate of drug-likeness (QED) is 0.419. The van der Waals surface area contributed by atoms with Gasteiger partial charge in [0.15, 0.2) is 0 Å². The van der Waals surface area contributed by atoms with Crippen molar-refractivity contribution in [1.82, 2.24) is 10.9 Å². The first-order valence-electron chi connectivity index (χ1n) is 2.26. The normalized spacial score (nSPS) is 10.5. The number of carbonyl (C=O) groups is 2. The second-order valence-electron chi connectivity index (χ2n) is 1.44. The van der Waals surface area contributed by atoms with Gasteiger partial charge in [0, 0.05) is 0 Å². The summed E-state index contributed by atoms with van der Waals surface area (Å²) in [5.41, 5.74) is 6.66. The summed E-state index contributed by atoms with van der Waals surface area (Å²) in [6.07, 6.45) is -5.03. The zero-order valence-electron chi connectivity index (χ0n) is 5.03. The van der Waals surface area contributed by atoms with Gasteiger partial charge in [-0.15, -0.1) is 0 Å². The van der Waals surface area contributed by atoms with Crippen LogP contribution >= 0.6 is 0 Å². The molecule has 0 aliphatic carbocycles. The van der Waals surface area contributed by atoms with Gasteiger partial charge in [-0.05, 0) is 0 Å². The lowest BCUT2D eigenvalue weighted by Gasteiger charge is -2.06. The van der Waals surface area contributed by atoms with Gasteiger partial charge >= 0.3 is 18.1 Å². The van der Waals surface area contributed by atoms with Crippen LogP contribution < -0.4 is 16.6 Å². The topological polar surface area (TPSA) is 84.2 Å². The van der Waals surface area contributed by atoms with Crippen LogP contribution in [-0.2, 0) is 4.79 Å². The molecule has 0 fully saturated rings. The standard InChI is InChI=1S/C3H4F3N3O2/c4-3(5,6)1(10)8-9-2(7)11/h(H,8,10)(H3,7,9,11). The first-order chi connectivity index (χ1) is 4.84. The molecule has 0 aliphatic rings. The van der Waals surface area contributed by atoms with Crippen LogP contribution in [0.15, 0.2) is 0 Å². The molecular weight excluding hydrogens is 167 g/mol. The van der Waals surface area contributed by atoms with Gasteiger partial charge in [-0.2, -0.15) is 13.2 Å². The second-order valence-corrected chi connectivity index (χ2v) is 1.44. The Hall–Kier alpha value is -1.47. The number of rotatable bonds is 0. The number of hydrogen-bond acceptors (Lipinski definition) is 2. The highest BCUT2D eigenvalue weighted by molar-refractivity contribution is 5.84. The van der Waals surface area contributed by atoms with Gasteiger partial charge in [-0.3, -0.25) is 10.2 Å². The van der Waals surface area contributed by atoms with Crippen molar-refractivity contribution < 1.29 is 22.8 Å². The third-order valence-electron chi connectivity index (χ3n) is 0.557. The molecule has 0 spiro atoms. The number of hydrazine groups is 1. The van der Waals surface area contributed by atoms with Gasteiger partial charge < -0.3 is 5.73 Å². The number of hydrogen-bond donors (Lipinski definition) is 3. The zero-order valence-corrected chi connectivity index (χ0v) is 5.03. The fourth-order valence-corrected chi connectivity index (χ4v) is 0.189. The van der Waals surface area contributed by atoms with Crippen molar-refractivity contribution in [2.24, 2.45) is 5.73 Å². The predicted molar refractivity (Wildman–Crippen MR) is 26.9 cm³/mol. The minimum Gasteiger partial charge on any atom is -0.350 e. The SMILES string of the molecule is NC(=O)NNC(=O)C(F)(F)F. The molecule has 0 atom stereocenters. The lowest BCUT2D eigenvalue weighted by Crippen LogP contribution is -2.49. The van der Waals surface area contributed by atoms with E-state index in [1.807, 2.05) is 0 Å². The summed E-state index contributed by atoms with van der Waals surface area (Å²) in [6, 6.07) is -1.28. The van der Waals surface area contributed by atoms with Gasteiger partial charge in [0.05, 0.1) is 0 Å². The second kappa shape index (κ2) is 3.08. The highest BCUT2D eigenvalue weighted by atomic mass is 19.4. The average molecular weight is 171 g/mol. The van der Waals surface area contributed by atoms with E-state index in [0.717, 1.165) is 5.43 Å². The maximum atomic E-state index is 11.3. The minimum atomic E-state index is -5.03. The predicted octanol–water partition coefficient (Wildman–Crippen LogP) is -0.752. The molecule has 0 radical (unpaired) electrons. The number of amides is 3. The van der Waals surface area contributed by atoms with Crippen molar-refractivity contribution >= 4 is 11.9 Å². The third-order valence-corrected chi connectivity index (χ3v) is 0.557. The van der Waals surface area contributed by atoms with E-state index in [-0.39, 0.29) is 0 Å². The summed E-state index contributed by atoms with van der Waals surface area (Å²) in [4.78, 5) is 19.6. The summed E-state index contributed by atoms with van der Waals surface area (Å²) in [5.74, 6) is -2.28. The molecule has 0 saturated carbocycles. The molecule has 64 valence electrons. The lowest BCUT2D eigenvalue weighted by molar-refractivity contribution is -0.174. The molecule has 0 unspecified atom stereocenters. The summed E-state index contributed by atoms with van der Waals surface area (Å²) in [7, 11) is 0. The van der Waals surface area contributed by atoms with Crippen molar-refractivity contribution in [3.63, 3.8) is 0 Å². The zero-order chi connectivity index (χ0) is 9.07. The Bertz CT molecular complexity index is 177. The Morgan fingerprint density at radius 3 is 1.91 bits per heavy atom. The van der Waals surface area contributed by atoms with Crippen molar-refractivity contribution in [2.75, 3.05) is 0 Å². The smallest absolute Gasteiger partial charge is 0.350 e. The molecule has 0 aliphatic heterocycles. The van der Waals surface area contributed by atoms with Crippen molar-refractivity contribution in [1.29, 1.82) is 0 Å². The fraction of sp³-hybridized carbons (Fsp3) is 0.333. The van der Waals surface area contributed by atoms with E-state index in [1.165, 1.54) is 5.43 Å². The van der Waals surface area contributed by atoms with Crippen LogP contribution in [-0.4, -0.2) is 18.1 Å². The van der Waals surface area contributed by atoms with Crippen LogP contribution in [0, 0.1) is 0 Å². The molecule has 3 amide bonds. The molecule has 0 aromatic rings. The first kappa shape index (κ1) is 9.53. The molecule has 4 N–H and O–H groups in total. The molecule has 0 bridgehead atoms. The number of alkyl halides is 3. The molecule has 0 heterocycles. The van der Waals surface area contributed by atoms with Gasteiger partial charge in [-0.1, -0.05) is 0 Å². The Labute approximate surface area is 58.7 Å². The molecular formula is C3H4F3N3O2. The van der Waals surface area contributed by atoms with E-state index in [4.69, 9.17) is 0 Å².